The van der Waals surface area contributed by atoms with Gasteiger partial charge in [-0.1, -0.05) is 5.57 Å². The largest absolute Gasteiger partial charge is 0.497 e. The van der Waals surface area contributed by atoms with Crippen molar-refractivity contribution in [1.29, 1.82) is 0 Å². The van der Waals surface area contributed by atoms with Gasteiger partial charge in [-0.05, 0) is 44.0 Å². The van der Waals surface area contributed by atoms with E-state index in [9.17, 15) is 4.79 Å². The van der Waals surface area contributed by atoms with Gasteiger partial charge in [-0.15, -0.1) is 6.58 Å². The highest BCUT2D eigenvalue weighted by molar-refractivity contribution is 5.89. The molecule has 0 aliphatic heterocycles. The molecule has 0 aliphatic rings. The molecule has 1 aromatic carbocycles. The molecule has 0 spiro atoms. The molecule has 3 heteroatoms. The van der Waals surface area contributed by atoms with Crippen molar-refractivity contribution in [1.82, 2.24) is 0 Å². The van der Waals surface area contributed by atoms with Crippen LogP contribution in [-0.2, 0) is 4.74 Å². The predicted octanol–water partition coefficient (Wildman–Crippen LogP) is 3.21. The lowest BCUT2D eigenvalue weighted by Gasteiger charge is -2.05. The summed E-state index contributed by atoms with van der Waals surface area (Å²) in [5.41, 5.74) is 1.65. The number of allylic oxidation sites excluding steroid dienone is 1. The molecule has 0 saturated carbocycles. The topological polar surface area (TPSA) is 35.5 Å². The van der Waals surface area contributed by atoms with Gasteiger partial charge in [0.15, 0.2) is 0 Å². The number of hydrogen-bond acceptors (Lipinski definition) is 3. The average molecular weight is 234 g/mol. The zero-order valence-electron chi connectivity index (χ0n) is 10.4. The average Bonchev–Trinajstić information content (AvgIpc) is 2.34. The van der Waals surface area contributed by atoms with E-state index in [0.717, 1.165) is 24.2 Å². The van der Waals surface area contributed by atoms with E-state index in [1.54, 1.807) is 31.4 Å². The molecule has 0 heterocycles. The summed E-state index contributed by atoms with van der Waals surface area (Å²) in [6.45, 7) is 6.19. The number of ether oxygens (including phenoxy) is 2. The fourth-order valence-corrected chi connectivity index (χ4v) is 1.35. The third-order valence-electron chi connectivity index (χ3n) is 2.31. The Morgan fingerprint density at radius 2 is 1.94 bits per heavy atom. The molecule has 0 amide bonds. The van der Waals surface area contributed by atoms with Crippen LogP contribution in [0.1, 0.15) is 30.1 Å². The minimum absolute atomic E-state index is 0.297. The molecule has 1 rings (SSSR count). The second kappa shape index (κ2) is 6.74. The van der Waals surface area contributed by atoms with Crippen LogP contribution in [0.2, 0.25) is 0 Å². The lowest BCUT2D eigenvalue weighted by atomic mass is 10.2. The maximum atomic E-state index is 11.6. The van der Waals surface area contributed by atoms with Crippen LogP contribution in [0, 0.1) is 0 Å². The van der Waals surface area contributed by atoms with Crippen molar-refractivity contribution >= 4 is 5.97 Å². The lowest BCUT2D eigenvalue weighted by molar-refractivity contribution is 0.0500. The van der Waals surface area contributed by atoms with Crippen LogP contribution in [0.15, 0.2) is 36.4 Å². The number of carbonyl (C=O) groups is 1. The maximum absolute atomic E-state index is 11.6. The third kappa shape index (κ3) is 4.72. The third-order valence-corrected chi connectivity index (χ3v) is 2.31. The summed E-state index contributed by atoms with van der Waals surface area (Å²) in [4.78, 5) is 11.6. The van der Waals surface area contributed by atoms with Gasteiger partial charge in [-0.2, -0.15) is 0 Å². The fourth-order valence-electron chi connectivity index (χ4n) is 1.35. The number of benzene rings is 1. The van der Waals surface area contributed by atoms with Crippen molar-refractivity contribution in [2.75, 3.05) is 13.7 Å². The number of rotatable bonds is 6. The normalized spacial score (nSPS) is 9.76. The molecule has 0 radical (unpaired) electrons. The molecule has 0 N–H and O–H groups in total. The molecular formula is C14H18O3. The Morgan fingerprint density at radius 3 is 2.47 bits per heavy atom. The molecule has 0 atom stereocenters. The van der Waals surface area contributed by atoms with Crippen LogP contribution in [0.25, 0.3) is 0 Å². The Bertz CT molecular complexity index is 379. The van der Waals surface area contributed by atoms with Gasteiger partial charge in [0.1, 0.15) is 5.75 Å². The minimum Gasteiger partial charge on any atom is -0.497 e. The van der Waals surface area contributed by atoms with E-state index >= 15 is 0 Å². The smallest absolute Gasteiger partial charge is 0.338 e. The molecule has 1 aromatic rings. The summed E-state index contributed by atoms with van der Waals surface area (Å²) >= 11 is 0. The van der Waals surface area contributed by atoms with Gasteiger partial charge in [-0.25, -0.2) is 4.79 Å². The monoisotopic (exact) mass is 234 g/mol. The van der Waals surface area contributed by atoms with E-state index in [1.165, 1.54) is 0 Å². The second-order valence-electron chi connectivity index (χ2n) is 3.93. The van der Waals surface area contributed by atoms with Gasteiger partial charge in [0.25, 0.3) is 0 Å². The van der Waals surface area contributed by atoms with E-state index in [-0.39, 0.29) is 5.97 Å². The van der Waals surface area contributed by atoms with E-state index < -0.39 is 0 Å². The van der Waals surface area contributed by atoms with Gasteiger partial charge in [0.2, 0.25) is 0 Å². The Kier molecular flexibility index (Phi) is 5.27. The van der Waals surface area contributed by atoms with Gasteiger partial charge in [0.05, 0.1) is 19.3 Å². The zero-order chi connectivity index (χ0) is 12.7. The second-order valence-corrected chi connectivity index (χ2v) is 3.93. The fraction of sp³-hybridized carbons (Fsp3) is 0.357. The van der Waals surface area contributed by atoms with Gasteiger partial charge >= 0.3 is 5.97 Å². The summed E-state index contributed by atoms with van der Waals surface area (Å²) in [5, 5.41) is 0. The summed E-state index contributed by atoms with van der Waals surface area (Å²) in [6, 6.07) is 6.87. The Hall–Kier alpha value is -1.77. The quantitative estimate of drug-likeness (QED) is 0.431. The first-order chi connectivity index (χ1) is 8.13. The lowest BCUT2D eigenvalue weighted by Crippen LogP contribution is -2.06. The van der Waals surface area contributed by atoms with Crippen LogP contribution in [0.4, 0.5) is 0 Å². The maximum Gasteiger partial charge on any atom is 0.338 e. The van der Waals surface area contributed by atoms with Crippen LogP contribution in [-0.4, -0.2) is 19.7 Å². The molecule has 0 fully saturated rings. The van der Waals surface area contributed by atoms with Crippen LogP contribution >= 0.6 is 0 Å². The van der Waals surface area contributed by atoms with E-state index in [0.29, 0.717) is 12.2 Å². The molecular weight excluding hydrogens is 216 g/mol. The van der Waals surface area contributed by atoms with Crippen molar-refractivity contribution in [2.45, 2.75) is 19.8 Å². The van der Waals surface area contributed by atoms with Crippen LogP contribution < -0.4 is 4.74 Å². The molecule has 0 aromatic heterocycles. The number of hydrogen-bond donors (Lipinski definition) is 0. The Balaban J connectivity index is 2.38. The number of methoxy groups -OCH3 is 1. The molecule has 0 unspecified atom stereocenters. The van der Waals surface area contributed by atoms with Gasteiger partial charge < -0.3 is 9.47 Å². The van der Waals surface area contributed by atoms with E-state index in [1.807, 2.05) is 6.92 Å². The molecule has 0 bridgehead atoms. The summed E-state index contributed by atoms with van der Waals surface area (Å²) in [6.07, 6.45) is 1.70. The first-order valence-corrected chi connectivity index (χ1v) is 5.59. The van der Waals surface area contributed by atoms with Crippen molar-refractivity contribution in [3.63, 3.8) is 0 Å². The molecule has 0 aliphatic carbocycles. The minimum atomic E-state index is -0.297. The molecule has 3 nitrogen and oxygen atoms in total. The molecule has 0 saturated heterocycles. The van der Waals surface area contributed by atoms with Gasteiger partial charge in [-0.3, -0.25) is 0 Å². The highest BCUT2D eigenvalue weighted by Crippen LogP contribution is 2.12. The SMILES string of the molecule is C=C(C)CCCOC(=O)c1ccc(OC)cc1. The number of esters is 1. The van der Waals surface area contributed by atoms with E-state index in [4.69, 9.17) is 9.47 Å². The Labute approximate surface area is 102 Å². The number of carbonyl (C=O) groups excluding carboxylic acids is 1. The predicted molar refractivity (Wildman–Crippen MR) is 67.3 cm³/mol. The first kappa shape index (κ1) is 13.3. The van der Waals surface area contributed by atoms with Gasteiger partial charge in [0, 0.05) is 0 Å². The summed E-state index contributed by atoms with van der Waals surface area (Å²) < 4.78 is 10.1. The standard InChI is InChI=1S/C14H18O3/c1-11(2)5-4-10-17-14(15)12-6-8-13(16-3)9-7-12/h6-9H,1,4-5,10H2,2-3H3. The first-order valence-electron chi connectivity index (χ1n) is 5.59. The highest BCUT2D eigenvalue weighted by Gasteiger charge is 2.06. The van der Waals surface area contributed by atoms with Crippen LogP contribution in [0.3, 0.4) is 0 Å². The van der Waals surface area contributed by atoms with Crippen molar-refractivity contribution in [3.05, 3.63) is 42.0 Å². The summed E-state index contributed by atoms with van der Waals surface area (Å²) in [7, 11) is 1.59. The van der Waals surface area contributed by atoms with Crippen molar-refractivity contribution in [3.8, 4) is 5.75 Å². The van der Waals surface area contributed by atoms with Crippen LogP contribution in [0.5, 0.6) is 5.75 Å². The zero-order valence-corrected chi connectivity index (χ0v) is 10.4. The molecule has 92 valence electrons. The summed E-state index contributed by atoms with van der Waals surface area (Å²) in [5.74, 6) is 0.429. The van der Waals surface area contributed by atoms with Crippen molar-refractivity contribution < 1.29 is 14.3 Å². The molecule has 17 heavy (non-hydrogen) atoms. The van der Waals surface area contributed by atoms with E-state index in [2.05, 4.69) is 6.58 Å². The van der Waals surface area contributed by atoms with Crippen molar-refractivity contribution in [2.24, 2.45) is 0 Å². The highest BCUT2D eigenvalue weighted by atomic mass is 16.5. The Morgan fingerprint density at radius 1 is 1.29 bits per heavy atom.